The zero-order chi connectivity index (χ0) is 23.3. The first-order valence-electron chi connectivity index (χ1n) is 9.98. The number of nitrogens with one attached hydrogen (secondary N) is 2. The van der Waals surface area contributed by atoms with Crippen LogP contribution in [0, 0.1) is 27.4 Å². The third-order valence-electron chi connectivity index (χ3n) is 4.79. The number of hydrogen-bond acceptors (Lipinski definition) is 6. The number of amides is 2. The van der Waals surface area contributed by atoms with E-state index in [1.807, 2.05) is 19.9 Å². The summed E-state index contributed by atoms with van der Waals surface area (Å²) in [4.78, 5) is 40.0. The molecule has 0 saturated carbocycles. The predicted octanol–water partition coefficient (Wildman–Crippen LogP) is 3.18. The number of non-ortho nitro benzene ring substituents is 1. The van der Waals surface area contributed by atoms with Crippen molar-refractivity contribution in [1.82, 2.24) is 10.6 Å². The zero-order valence-corrected chi connectivity index (χ0v) is 17.6. The molecular formula is C23H21N5O4. The average Bonchev–Trinajstić information content (AvgIpc) is 3.12. The van der Waals surface area contributed by atoms with Crippen LogP contribution in [0.3, 0.4) is 0 Å². The van der Waals surface area contributed by atoms with Crippen LogP contribution in [0.15, 0.2) is 59.1 Å². The summed E-state index contributed by atoms with van der Waals surface area (Å²) in [5.74, 6) is -0.569. The maximum Gasteiger partial charge on any atom is 0.270 e. The fourth-order valence-electron chi connectivity index (χ4n) is 3.13. The lowest BCUT2D eigenvalue weighted by Crippen LogP contribution is -2.30. The summed E-state index contributed by atoms with van der Waals surface area (Å²) in [7, 11) is 0. The lowest BCUT2D eigenvalue weighted by molar-refractivity contribution is -0.384. The molecule has 0 aromatic heterocycles. The Labute approximate surface area is 184 Å². The Morgan fingerprint density at radius 1 is 1.16 bits per heavy atom. The summed E-state index contributed by atoms with van der Waals surface area (Å²) in [6.07, 6.45) is 0.768. The monoisotopic (exact) mass is 431 g/mol. The van der Waals surface area contributed by atoms with E-state index < -0.39 is 16.7 Å². The van der Waals surface area contributed by atoms with Crippen molar-refractivity contribution >= 4 is 29.0 Å². The van der Waals surface area contributed by atoms with Crippen LogP contribution < -0.4 is 10.6 Å². The summed E-state index contributed by atoms with van der Waals surface area (Å²) in [6, 6.07) is 14.1. The van der Waals surface area contributed by atoms with Crippen LogP contribution in [0.4, 0.5) is 5.69 Å². The molecule has 0 radical (unpaired) electrons. The molecule has 0 unspecified atom stereocenters. The number of carbonyl (C=O) groups is 2. The van der Waals surface area contributed by atoms with E-state index in [0.717, 1.165) is 12.5 Å². The van der Waals surface area contributed by atoms with Gasteiger partial charge in [-0.2, -0.15) is 5.26 Å². The molecule has 1 heterocycles. The fourth-order valence-corrected chi connectivity index (χ4v) is 3.13. The third-order valence-corrected chi connectivity index (χ3v) is 4.79. The molecule has 0 saturated heterocycles. The second-order valence-electron chi connectivity index (χ2n) is 7.54. The van der Waals surface area contributed by atoms with Crippen LogP contribution in [0.1, 0.15) is 41.8 Å². The van der Waals surface area contributed by atoms with Crippen LogP contribution in [-0.4, -0.2) is 29.1 Å². The number of aliphatic imine (C=N–C) groups is 1. The number of nitrogens with zero attached hydrogens (tertiary/aromatic N) is 3. The molecule has 0 fully saturated rings. The summed E-state index contributed by atoms with van der Waals surface area (Å²) >= 11 is 0. The first-order valence-corrected chi connectivity index (χ1v) is 9.98. The van der Waals surface area contributed by atoms with Gasteiger partial charge in [-0.1, -0.05) is 44.2 Å². The van der Waals surface area contributed by atoms with E-state index in [0.29, 0.717) is 23.6 Å². The highest BCUT2D eigenvalue weighted by molar-refractivity contribution is 6.20. The van der Waals surface area contributed by atoms with E-state index in [1.165, 1.54) is 18.2 Å². The molecule has 9 nitrogen and oxygen atoms in total. The molecule has 162 valence electrons. The van der Waals surface area contributed by atoms with Gasteiger partial charge in [-0.05, 0) is 18.4 Å². The molecule has 0 atom stereocenters. The molecule has 1 aliphatic heterocycles. The lowest BCUT2D eigenvalue weighted by Gasteiger charge is -2.07. The van der Waals surface area contributed by atoms with Gasteiger partial charge in [-0.15, -0.1) is 0 Å². The minimum atomic E-state index is -0.594. The van der Waals surface area contributed by atoms with Crippen LogP contribution in [0.25, 0.3) is 5.70 Å². The Morgan fingerprint density at radius 2 is 1.88 bits per heavy atom. The van der Waals surface area contributed by atoms with Crippen molar-refractivity contribution in [1.29, 1.82) is 5.26 Å². The molecule has 1 aliphatic rings. The molecular weight excluding hydrogens is 410 g/mol. The average molecular weight is 431 g/mol. The SMILES string of the molecule is CC(C)CCNC(=O)/C(C#N)=C1\N=C(NC(=O)c2cccc([N+](=O)[O-])c2)c2ccccc21. The second kappa shape index (κ2) is 9.66. The number of nitro benzene ring substituents is 1. The number of rotatable bonds is 6. The van der Waals surface area contributed by atoms with Gasteiger partial charge in [-0.25, -0.2) is 4.99 Å². The minimum Gasteiger partial charge on any atom is -0.351 e. The fraction of sp³-hybridized carbons (Fsp3) is 0.217. The normalized spacial score (nSPS) is 13.6. The smallest absolute Gasteiger partial charge is 0.270 e. The van der Waals surface area contributed by atoms with Crippen molar-refractivity contribution in [3.63, 3.8) is 0 Å². The Kier molecular flexibility index (Phi) is 6.75. The van der Waals surface area contributed by atoms with Gasteiger partial charge in [0, 0.05) is 35.4 Å². The van der Waals surface area contributed by atoms with Crippen LogP contribution in [0.2, 0.25) is 0 Å². The lowest BCUT2D eigenvalue weighted by atomic mass is 10.0. The van der Waals surface area contributed by atoms with E-state index in [9.17, 15) is 25.0 Å². The van der Waals surface area contributed by atoms with Crippen molar-refractivity contribution in [2.75, 3.05) is 6.54 Å². The van der Waals surface area contributed by atoms with Gasteiger partial charge in [0.2, 0.25) is 0 Å². The number of amidine groups is 1. The van der Waals surface area contributed by atoms with Crippen molar-refractivity contribution in [3.05, 3.63) is 80.9 Å². The molecule has 0 spiro atoms. The van der Waals surface area contributed by atoms with E-state index in [2.05, 4.69) is 15.6 Å². The minimum absolute atomic E-state index is 0.0868. The summed E-state index contributed by atoms with van der Waals surface area (Å²) in [5.41, 5.74) is 0.974. The van der Waals surface area contributed by atoms with E-state index in [-0.39, 0.29) is 28.4 Å². The van der Waals surface area contributed by atoms with Gasteiger partial charge in [0.15, 0.2) is 0 Å². The maximum atomic E-state index is 12.7. The molecule has 3 rings (SSSR count). The standard InChI is InChI=1S/C23H21N5O4/c1-14(2)10-11-25-23(30)19(13-24)20-17-8-3-4-9-18(17)21(26-20)27-22(29)15-6-5-7-16(12-15)28(31)32/h3-9,12,14H,10-11H2,1-2H3,(H,25,30)(H,26,27,29)/b20-19-. The quantitative estimate of drug-likeness (QED) is 0.313. The summed E-state index contributed by atoms with van der Waals surface area (Å²) < 4.78 is 0. The van der Waals surface area contributed by atoms with Gasteiger partial charge in [0.05, 0.1) is 10.6 Å². The molecule has 0 aliphatic carbocycles. The number of benzene rings is 2. The summed E-state index contributed by atoms with van der Waals surface area (Å²) in [5, 5.41) is 26.0. The topological polar surface area (TPSA) is 137 Å². The molecule has 2 aromatic carbocycles. The Balaban J connectivity index is 1.93. The van der Waals surface area contributed by atoms with E-state index in [4.69, 9.17) is 0 Å². The van der Waals surface area contributed by atoms with Gasteiger partial charge in [0.1, 0.15) is 17.5 Å². The highest BCUT2D eigenvalue weighted by Gasteiger charge is 2.27. The predicted molar refractivity (Wildman–Crippen MR) is 119 cm³/mol. The highest BCUT2D eigenvalue weighted by atomic mass is 16.6. The first-order chi connectivity index (χ1) is 15.3. The number of nitro groups is 1. The number of fused-ring (bicyclic) bond motifs is 1. The molecule has 2 amide bonds. The van der Waals surface area contributed by atoms with Crippen LogP contribution >= 0.6 is 0 Å². The van der Waals surface area contributed by atoms with E-state index >= 15 is 0 Å². The third kappa shape index (κ3) is 4.87. The molecule has 2 N–H and O–H groups in total. The van der Waals surface area contributed by atoms with Gasteiger partial charge in [-0.3, -0.25) is 19.7 Å². The summed E-state index contributed by atoms with van der Waals surface area (Å²) in [6.45, 7) is 4.49. The van der Waals surface area contributed by atoms with Gasteiger partial charge < -0.3 is 10.6 Å². The van der Waals surface area contributed by atoms with Crippen molar-refractivity contribution in [2.45, 2.75) is 20.3 Å². The largest absolute Gasteiger partial charge is 0.351 e. The van der Waals surface area contributed by atoms with Crippen molar-refractivity contribution in [2.24, 2.45) is 10.9 Å². The molecule has 9 heteroatoms. The van der Waals surface area contributed by atoms with Crippen molar-refractivity contribution in [3.8, 4) is 6.07 Å². The number of nitriles is 1. The molecule has 32 heavy (non-hydrogen) atoms. The first kappa shape index (κ1) is 22.4. The Bertz CT molecular complexity index is 1190. The van der Waals surface area contributed by atoms with Crippen molar-refractivity contribution < 1.29 is 14.5 Å². The zero-order valence-electron chi connectivity index (χ0n) is 17.6. The van der Waals surface area contributed by atoms with E-state index in [1.54, 1.807) is 24.3 Å². The highest BCUT2D eigenvalue weighted by Crippen LogP contribution is 2.30. The van der Waals surface area contributed by atoms with Gasteiger partial charge in [0.25, 0.3) is 17.5 Å². The Hall–Kier alpha value is -4.32. The number of carbonyl (C=O) groups excluding carboxylic acids is 2. The second-order valence-corrected chi connectivity index (χ2v) is 7.54. The molecule has 0 bridgehead atoms. The van der Waals surface area contributed by atoms with Crippen LogP contribution in [-0.2, 0) is 4.79 Å². The Morgan fingerprint density at radius 3 is 2.53 bits per heavy atom. The van der Waals surface area contributed by atoms with Crippen LogP contribution in [0.5, 0.6) is 0 Å². The maximum absolute atomic E-state index is 12.7. The number of hydrogen-bond donors (Lipinski definition) is 2. The molecule has 2 aromatic rings. The van der Waals surface area contributed by atoms with Gasteiger partial charge >= 0.3 is 0 Å².